The number of rotatable bonds is 3. The molecule has 106 valence electrons. The molecule has 1 aromatic rings. The van der Waals surface area contributed by atoms with Crippen LogP contribution >= 0.6 is 11.3 Å². The number of hydrogen-bond donors (Lipinski definition) is 1. The third-order valence-corrected chi connectivity index (χ3v) is 7.33. The number of thiophene rings is 1. The average Bonchev–Trinajstić information content (AvgIpc) is 2.92. The van der Waals surface area contributed by atoms with E-state index in [1.165, 1.54) is 11.3 Å². The first-order valence-corrected chi connectivity index (χ1v) is 8.71. The van der Waals surface area contributed by atoms with Gasteiger partial charge in [-0.3, -0.25) is 0 Å². The lowest BCUT2D eigenvalue weighted by molar-refractivity contribution is -0.0114. The third-order valence-electron chi connectivity index (χ3n) is 3.79. The summed E-state index contributed by atoms with van der Waals surface area (Å²) in [6.45, 7) is 3.25. The van der Waals surface area contributed by atoms with Crippen molar-refractivity contribution in [3.63, 3.8) is 0 Å². The summed E-state index contributed by atoms with van der Waals surface area (Å²) in [5.74, 6) is 0. The molecule has 0 spiro atoms. The Labute approximate surface area is 117 Å². The molecule has 2 aliphatic rings. The van der Waals surface area contributed by atoms with E-state index in [0.717, 1.165) is 23.3 Å². The molecule has 2 N–H and O–H groups in total. The summed E-state index contributed by atoms with van der Waals surface area (Å²) in [5, 5.41) is 0. The minimum Gasteiger partial charge on any atom is -0.372 e. The van der Waals surface area contributed by atoms with Gasteiger partial charge in [0.1, 0.15) is 4.21 Å². The number of hydrogen-bond acceptors (Lipinski definition) is 5. The van der Waals surface area contributed by atoms with E-state index >= 15 is 0 Å². The van der Waals surface area contributed by atoms with Crippen LogP contribution < -0.4 is 5.73 Å². The maximum atomic E-state index is 12.6. The summed E-state index contributed by atoms with van der Waals surface area (Å²) < 4.78 is 32.9. The fraction of sp³-hybridized carbons (Fsp3) is 0.667. The Kier molecular flexibility index (Phi) is 3.43. The van der Waals surface area contributed by atoms with Gasteiger partial charge in [0.05, 0.1) is 12.2 Å². The first-order valence-electron chi connectivity index (χ1n) is 6.45. The van der Waals surface area contributed by atoms with Crippen molar-refractivity contribution in [1.29, 1.82) is 0 Å². The first kappa shape index (κ1) is 13.5. The van der Waals surface area contributed by atoms with Crippen LogP contribution in [-0.4, -0.2) is 38.0 Å². The molecular weight excluding hydrogens is 284 g/mol. The second-order valence-electron chi connectivity index (χ2n) is 5.16. The van der Waals surface area contributed by atoms with E-state index < -0.39 is 10.0 Å². The Morgan fingerprint density at radius 2 is 2.05 bits per heavy atom. The van der Waals surface area contributed by atoms with E-state index in [-0.39, 0.29) is 12.2 Å². The first-order chi connectivity index (χ1) is 9.00. The van der Waals surface area contributed by atoms with Crippen molar-refractivity contribution in [3.8, 4) is 0 Å². The molecule has 2 saturated heterocycles. The van der Waals surface area contributed by atoms with Crippen LogP contribution in [0, 0.1) is 6.92 Å². The molecule has 1 aromatic heterocycles. The van der Waals surface area contributed by atoms with Gasteiger partial charge in [-0.25, -0.2) is 8.42 Å². The largest absolute Gasteiger partial charge is 0.372 e. The molecule has 5 nitrogen and oxygen atoms in total. The lowest BCUT2D eigenvalue weighted by atomic mass is 10.2. The van der Waals surface area contributed by atoms with E-state index in [2.05, 4.69) is 0 Å². The molecule has 0 aliphatic carbocycles. The molecule has 7 heteroatoms. The predicted molar refractivity (Wildman–Crippen MR) is 73.6 cm³/mol. The number of nitrogens with zero attached hydrogens (tertiary/aromatic N) is 1. The van der Waals surface area contributed by atoms with Crippen molar-refractivity contribution < 1.29 is 13.2 Å². The number of aryl methyl sites for hydroxylation is 1. The Hall–Kier alpha value is -0.470. The number of fused-ring (bicyclic) bond motifs is 2. The summed E-state index contributed by atoms with van der Waals surface area (Å²) in [6.07, 6.45) is 2.08. The fourth-order valence-corrected chi connectivity index (χ4v) is 5.85. The van der Waals surface area contributed by atoms with Gasteiger partial charge in [0.15, 0.2) is 0 Å². The quantitative estimate of drug-likeness (QED) is 0.906. The highest BCUT2D eigenvalue weighted by atomic mass is 32.2. The summed E-state index contributed by atoms with van der Waals surface area (Å²) >= 11 is 1.29. The van der Waals surface area contributed by atoms with Crippen LogP contribution in [0.15, 0.2) is 10.3 Å². The van der Waals surface area contributed by atoms with Crippen LogP contribution in [0.25, 0.3) is 0 Å². The minimum atomic E-state index is -3.38. The smallest absolute Gasteiger partial charge is 0.252 e. The number of nitrogens with two attached hydrogens (primary N) is 1. The molecule has 19 heavy (non-hydrogen) atoms. The molecule has 3 rings (SSSR count). The number of sulfonamides is 1. The summed E-state index contributed by atoms with van der Waals surface area (Å²) in [7, 11) is -3.38. The van der Waals surface area contributed by atoms with Gasteiger partial charge in [-0.1, -0.05) is 0 Å². The summed E-state index contributed by atoms with van der Waals surface area (Å²) in [6, 6.07) is 1.74. The highest BCUT2D eigenvalue weighted by Crippen LogP contribution is 2.33. The molecule has 0 amide bonds. The van der Waals surface area contributed by atoms with Crippen LogP contribution in [0.5, 0.6) is 0 Å². The normalized spacial score (nSPS) is 27.9. The molecule has 0 aromatic carbocycles. The molecule has 2 aliphatic heterocycles. The van der Waals surface area contributed by atoms with Crippen molar-refractivity contribution in [1.82, 2.24) is 4.31 Å². The summed E-state index contributed by atoms with van der Waals surface area (Å²) in [4.78, 5) is 0.940. The monoisotopic (exact) mass is 302 g/mol. The number of morpholine rings is 1. The van der Waals surface area contributed by atoms with E-state index in [0.29, 0.717) is 23.8 Å². The van der Waals surface area contributed by atoms with Gasteiger partial charge in [0, 0.05) is 24.5 Å². The maximum absolute atomic E-state index is 12.6. The third kappa shape index (κ3) is 2.34. The van der Waals surface area contributed by atoms with Gasteiger partial charge in [0.2, 0.25) is 0 Å². The van der Waals surface area contributed by atoms with Crippen molar-refractivity contribution in [2.24, 2.45) is 5.73 Å². The van der Waals surface area contributed by atoms with Crippen molar-refractivity contribution >= 4 is 21.4 Å². The standard InChI is InChI=1S/C12H18N2O3S2/c1-8-4-12(18-11(8)5-13)19(15,16)14-6-9-2-3-10(7-14)17-9/h4,9-10H,2-3,5-7,13H2,1H3. The summed E-state index contributed by atoms with van der Waals surface area (Å²) in [5.41, 5.74) is 6.58. The van der Waals surface area contributed by atoms with Crippen molar-refractivity contribution in [2.75, 3.05) is 13.1 Å². The second kappa shape index (κ2) is 4.82. The minimum absolute atomic E-state index is 0.0727. The van der Waals surface area contributed by atoms with Gasteiger partial charge in [-0.05, 0) is 31.4 Å². The highest BCUT2D eigenvalue weighted by Gasteiger charge is 2.39. The second-order valence-corrected chi connectivity index (χ2v) is 8.46. The zero-order valence-corrected chi connectivity index (χ0v) is 12.5. The SMILES string of the molecule is Cc1cc(S(=O)(=O)N2CC3CCC(C2)O3)sc1CN. The molecule has 0 saturated carbocycles. The van der Waals surface area contributed by atoms with Crippen molar-refractivity contribution in [2.45, 2.75) is 42.7 Å². The Bertz CT molecular complexity index is 570. The van der Waals surface area contributed by atoms with Crippen LogP contribution in [0.4, 0.5) is 0 Å². The Morgan fingerprint density at radius 1 is 1.42 bits per heavy atom. The molecule has 3 heterocycles. The molecule has 2 atom stereocenters. The lowest BCUT2D eigenvalue weighted by Gasteiger charge is -2.30. The Balaban J connectivity index is 1.89. The maximum Gasteiger partial charge on any atom is 0.252 e. The van der Waals surface area contributed by atoms with Gasteiger partial charge in [-0.2, -0.15) is 4.31 Å². The van der Waals surface area contributed by atoms with E-state index in [1.807, 2.05) is 6.92 Å². The highest BCUT2D eigenvalue weighted by molar-refractivity contribution is 7.91. The van der Waals surface area contributed by atoms with Crippen LogP contribution in [0.3, 0.4) is 0 Å². The molecular formula is C12H18N2O3S2. The lowest BCUT2D eigenvalue weighted by Crippen LogP contribution is -2.45. The van der Waals surface area contributed by atoms with E-state index in [1.54, 1.807) is 10.4 Å². The number of ether oxygens (including phenoxy) is 1. The van der Waals surface area contributed by atoms with Crippen LogP contribution in [-0.2, 0) is 21.3 Å². The zero-order valence-electron chi connectivity index (χ0n) is 10.8. The predicted octanol–water partition coefficient (Wildman–Crippen LogP) is 1.07. The average molecular weight is 302 g/mol. The molecule has 2 bridgehead atoms. The van der Waals surface area contributed by atoms with Gasteiger partial charge < -0.3 is 10.5 Å². The van der Waals surface area contributed by atoms with E-state index in [9.17, 15) is 8.42 Å². The topological polar surface area (TPSA) is 72.6 Å². The van der Waals surface area contributed by atoms with Gasteiger partial charge >= 0.3 is 0 Å². The van der Waals surface area contributed by atoms with Gasteiger partial charge in [-0.15, -0.1) is 11.3 Å². The van der Waals surface area contributed by atoms with Crippen molar-refractivity contribution in [3.05, 3.63) is 16.5 Å². The van der Waals surface area contributed by atoms with Crippen LogP contribution in [0.1, 0.15) is 23.3 Å². The molecule has 2 unspecified atom stereocenters. The Morgan fingerprint density at radius 3 is 2.58 bits per heavy atom. The zero-order chi connectivity index (χ0) is 13.6. The van der Waals surface area contributed by atoms with Crippen LogP contribution in [0.2, 0.25) is 0 Å². The molecule has 2 fully saturated rings. The molecule has 0 radical (unpaired) electrons. The fourth-order valence-electron chi connectivity index (χ4n) is 2.72. The van der Waals surface area contributed by atoms with E-state index in [4.69, 9.17) is 10.5 Å². The van der Waals surface area contributed by atoms with Gasteiger partial charge in [0.25, 0.3) is 10.0 Å².